The Balaban J connectivity index is 1.86. The Morgan fingerprint density at radius 2 is 1.46 bits per heavy atom. The van der Waals surface area contributed by atoms with E-state index in [0.29, 0.717) is 49.1 Å². The number of hydrogen-bond donors (Lipinski definition) is 1. The van der Waals surface area contributed by atoms with Crippen LogP contribution >= 0.6 is 22.6 Å². The maximum Gasteiger partial charge on any atom is 0.335 e. The second-order valence-corrected chi connectivity index (χ2v) is 5.88. The lowest BCUT2D eigenvalue weighted by molar-refractivity contribution is -0.198. The molecule has 0 radical (unpaired) electrons. The van der Waals surface area contributed by atoms with E-state index in [1.165, 1.54) is 0 Å². The van der Waals surface area contributed by atoms with Crippen LogP contribution in [0, 0.1) is 0 Å². The molecule has 1 saturated heterocycles. The van der Waals surface area contributed by atoms with Gasteiger partial charge in [-0.25, -0.2) is 4.79 Å². The van der Waals surface area contributed by atoms with Gasteiger partial charge in [-0.15, -0.1) is 5.06 Å². The maximum absolute atomic E-state index is 11.5. The molecule has 1 heterocycles. The molecule has 11 heteroatoms. The first-order valence-electron chi connectivity index (χ1n) is 8.17. The van der Waals surface area contributed by atoms with Crippen LogP contribution in [0.1, 0.15) is 19.3 Å². The smallest absolute Gasteiger partial charge is 0.335 e. The maximum atomic E-state index is 11.5. The zero-order valence-electron chi connectivity index (χ0n) is 14.4. The molecule has 0 aromatic heterocycles. The van der Waals surface area contributed by atoms with Gasteiger partial charge in [0.15, 0.2) is 0 Å². The molecule has 26 heavy (non-hydrogen) atoms. The van der Waals surface area contributed by atoms with Gasteiger partial charge in [-0.2, -0.15) is 0 Å². The zero-order valence-corrected chi connectivity index (χ0v) is 16.5. The van der Waals surface area contributed by atoms with E-state index >= 15 is 0 Å². The van der Waals surface area contributed by atoms with Crippen LogP contribution in [0.5, 0.6) is 0 Å². The molecular formula is C15H23IN2O8. The standard InChI is InChI=1S/C15H23IN2O8/c16-11-12(19)17-4-6-24-8-10-25-9-7-23-5-3-15(22)26-18-13(20)1-2-14(18)21/h1-11H2,(H,17,19). The van der Waals surface area contributed by atoms with Gasteiger partial charge in [-0.1, -0.05) is 22.6 Å². The summed E-state index contributed by atoms with van der Waals surface area (Å²) in [6, 6.07) is 0. The molecule has 0 aliphatic carbocycles. The third kappa shape index (κ3) is 9.99. The number of amides is 3. The van der Waals surface area contributed by atoms with Crippen molar-refractivity contribution < 1.29 is 38.2 Å². The van der Waals surface area contributed by atoms with E-state index in [0.717, 1.165) is 0 Å². The van der Waals surface area contributed by atoms with Crippen LogP contribution < -0.4 is 5.32 Å². The fourth-order valence-corrected chi connectivity index (χ4v) is 2.08. The predicted octanol–water partition coefficient (Wildman–Crippen LogP) is -0.415. The average molecular weight is 486 g/mol. The summed E-state index contributed by atoms with van der Waals surface area (Å²) in [7, 11) is 0. The van der Waals surface area contributed by atoms with Gasteiger partial charge in [0, 0.05) is 19.4 Å². The Morgan fingerprint density at radius 1 is 0.923 bits per heavy atom. The number of carbonyl (C=O) groups excluding carboxylic acids is 4. The van der Waals surface area contributed by atoms with Gasteiger partial charge in [0.2, 0.25) is 5.91 Å². The molecule has 0 saturated carbocycles. The van der Waals surface area contributed by atoms with Crippen LogP contribution in [0.3, 0.4) is 0 Å². The third-order valence-electron chi connectivity index (χ3n) is 3.08. The monoisotopic (exact) mass is 486 g/mol. The molecule has 0 atom stereocenters. The lowest BCUT2D eigenvalue weighted by Crippen LogP contribution is -2.32. The summed E-state index contributed by atoms with van der Waals surface area (Å²) in [5.74, 6) is -1.73. The van der Waals surface area contributed by atoms with Crippen LogP contribution in [0.25, 0.3) is 0 Å². The minimum atomic E-state index is -0.697. The fraction of sp³-hybridized carbons (Fsp3) is 0.733. The minimum absolute atomic E-state index is 0.0230. The first-order chi connectivity index (χ1) is 12.5. The molecule has 3 amide bonds. The number of rotatable bonds is 14. The normalized spacial score (nSPS) is 14.0. The quantitative estimate of drug-likeness (QED) is 0.152. The summed E-state index contributed by atoms with van der Waals surface area (Å²) in [6.07, 6.45) is 0.0661. The van der Waals surface area contributed by atoms with Crippen molar-refractivity contribution in [3.63, 3.8) is 0 Å². The summed E-state index contributed by atoms with van der Waals surface area (Å²) in [5.41, 5.74) is 0. The number of hydroxylamine groups is 2. The summed E-state index contributed by atoms with van der Waals surface area (Å²) < 4.78 is 16.2. The Hall–Kier alpha value is -1.31. The number of imide groups is 1. The third-order valence-corrected chi connectivity index (χ3v) is 3.78. The average Bonchev–Trinajstić information content (AvgIpc) is 2.94. The molecule has 1 aliphatic rings. The second kappa shape index (κ2) is 13.8. The molecule has 1 aliphatic heterocycles. The van der Waals surface area contributed by atoms with E-state index in [9.17, 15) is 19.2 Å². The first-order valence-corrected chi connectivity index (χ1v) is 9.69. The first kappa shape index (κ1) is 22.7. The highest BCUT2D eigenvalue weighted by Gasteiger charge is 2.32. The molecule has 0 unspecified atom stereocenters. The van der Waals surface area contributed by atoms with E-state index in [-0.39, 0.29) is 31.8 Å². The van der Waals surface area contributed by atoms with Crippen molar-refractivity contribution >= 4 is 46.3 Å². The zero-order chi connectivity index (χ0) is 19.2. The summed E-state index contributed by atoms with van der Waals surface area (Å²) in [5, 5.41) is 3.20. The van der Waals surface area contributed by atoms with Crippen molar-refractivity contribution in [3.05, 3.63) is 0 Å². The van der Waals surface area contributed by atoms with Crippen LogP contribution in [0.4, 0.5) is 0 Å². The minimum Gasteiger partial charge on any atom is -0.378 e. The largest absolute Gasteiger partial charge is 0.378 e. The molecule has 1 fully saturated rings. The Kier molecular flexibility index (Phi) is 12.1. The molecule has 1 rings (SSSR count). The lowest BCUT2D eigenvalue weighted by atomic mass is 10.4. The van der Waals surface area contributed by atoms with Crippen molar-refractivity contribution in [2.45, 2.75) is 19.3 Å². The molecule has 1 N–H and O–H groups in total. The van der Waals surface area contributed by atoms with Gasteiger partial charge in [-0.05, 0) is 0 Å². The van der Waals surface area contributed by atoms with Crippen LogP contribution in [-0.2, 0) is 38.2 Å². The second-order valence-electron chi connectivity index (χ2n) is 5.12. The Bertz CT molecular complexity index is 472. The molecule has 10 nitrogen and oxygen atoms in total. The summed E-state index contributed by atoms with van der Waals surface area (Å²) in [6.45, 7) is 2.43. The van der Waals surface area contributed by atoms with Gasteiger partial charge in [0.1, 0.15) is 0 Å². The summed E-state index contributed by atoms with van der Waals surface area (Å²) >= 11 is 1.98. The van der Waals surface area contributed by atoms with Crippen LogP contribution in [-0.4, -0.2) is 79.4 Å². The van der Waals surface area contributed by atoms with E-state index in [4.69, 9.17) is 19.0 Å². The summed E-state index contributed by atoms with van der Waals surface area (Å²) in [4.78, 5) is 49.7. The highest BCUT2D eigenvalue weighted by molar-refractivity contribution is 14.1. The van der Waals surface area contributed by atoms with Crippen molar-refractivity contribution in [1.82, 2.24) is 10.4 Å². The molecule has 0 bridgehead atoms. The Labute approximate surface area is 164 Å². The number of nitrogens with zero attached hydrogens (tertiary/aromatic N) is 1. The number of ether oxygens (including phenoxy) is 3. The molecular weight excluding hydrogens is 463 g/mol. The van der Waals surface area contributed by atoms with Gasteiger partial charge in [0.05, 0.1) is 50.5 Å². The Morgan fingerprint density at radius 3 is 2.04 bits per heavy atom. The van der Waals surface area contributed by atoms with Crippen LogP contribution in [0.2, 0.25) is 0 Å². The number of nitrogens with one attached hydrogen (secondary N) is 1. The number of carbonyl (C=O) groups is 4. The molecule has 0 spiro atoms. The van der Waals surface area contributed by atoms with Crippen LogP contribution in [0.15, 0.2) is 0 Å². The van der Waals surface area contributed by atoms with E-state index in [2.05, 4.69) is 5.32 Å². The van der Waals surface area contributed by atoms with Gasteiger partial charge >= 0.3 is 5.97 Å². The van der Waals surface area contributed by atoms with E-state index in [1.54, 1.807) is 0 Å². The van der Waals surface area contributed by atoms with Gasteiger partial charge in [0.25, 0.3) is 11.8 Å². The predicted molar refractivity (Wildman–Crippen MR) is 96.1 cm³/mol. The highest BCUT2D eigenvalue weighted by Crippen LogP contribution is 2.12. The van der Waals surface area contributed by atoms with Crippen molar-refractivity contribution in [1.29, 1.82) is 0 Å². The lowest BCUT2D eigenvalue weighted by Gasteiger charge is -2.12. The molecule has 148 valence electrons. The fourth-order valence-electron chi connectivity index (χ4n) is 1.81. The van der Waals surface area contributed by atoms with Crippen molar-refractivity contribution in [2.24, 2.45) is 0 Å². The molecule has 0 aromatic rings. The topological polar surface area (TPSA) is 120 Å². The number of alkyl halides is 1. The van der Waals surface area contributed by atoms with Crippen molar-refractivity contribution in [3.8, 4) is 0 Å². The number of hydrogen-bond acceptors (Lipinski definition) is 8. The van der Waals surface area contributed by atoms with Gasteiger partial charge in [-0.3, -0.25) is 14.4 Å². The van der Waals surface area contributed by atoms with E-state index < -0.39 is 17.8 Å². The SMILES string of the molecule is O=C(CI)NCCOCCOCCOCCC(=O)ON1C(=O)CCC1=O. The van der Waals surface area contributed by atoms with Gasteiger partial charge < -0.3 is 24.4 Å². The van der Waals surface area contributed by atoms with Crippen molar-refractivity contribution in [2.75, 3.05) is 50.6 Å². The highest BCUT2D eigenvalue weighted by atomic mass is 127. The van der Waals surface area contributed by atoms with E-state index in [1.807, 2.05) is 22.6 Å². The molecule has 0 aromatic carbocycles. The number of halogens is 1.